The maximum Gasteiger partial charge on any atom is 0.191 e. The molecule has 4 heteroatoms. The summed E-state index contributed by atoms with van der Waals surface area (Å²) >= 11 is 5.21. The van der Waals surface area contributed by atoms with Crippen LogP contribution in [0, 0.1) is 12.8 Å². The molecule has 0 unspecified atom stereocenters. The molecule has 1 aliphatic rings. The number of rotatable bonds is 3. The van der Waals surface area contributed by atoms with Gasteiger partial charge in [-0.1, -0.05) is 30.4 Å². The Kier molecular flexibility index (Phi) is 5.10. The van der Waals surface area contributed by atoms with Crippen molar-refractivity contribution in [1.82, 2.24) is 5.43 Å². The van der Waals surface area contributed by atoms with Gasteiger partial charge >= 0.3 is 0 Å². The van der Waals surface area contributed by atoms with Crippen molar-refractivity contribution in [3.63, 3.8) is 0 Å². The highest BCUT2D eigenvalue weighted by Crippen LogP contribution is 2.15. The second kappa shape index (κ2) is 7.04. The maximum atomic E-state index is 5.21. The number of nitrogens with one attached hydrogen (secondary N) is 2. The molecule has 19 heavy (non-hydrogen) atoms. The van der Waals surface area contributed by atoms with Crippen molar-refractivity contribution >= 4 is 29.2 Å². The van der Waals surface area contributed by atoms with Gasteiger partial charge in [0.1, 0.15) is 0 Å². The van der Waals surface area contributed by atoms with Gasteiger partial charge in [-0.05, 0) is 56.0 Å². The predicted molar refractivity (Wildman–Crippen MR) is 85.5 cm³/mol. The second-order valence-corrected chi connectivity index (χ2v) is 5.11. The van der Waals surface area contributed by atoms with Crippen LogP contribution in [-0.4, -0.2) is 11.3 Å². The third-order valence-electron chi connectivity index (χ3n) is 3.15. The van der Waals surface area contributed by atoms with E-state index in [0.29, 0.717) is 11.0 Å². The first-order valence-corrected chi connectivity index (χ1v) is 6.97. The fourth-order valence-corrected chi connectivity index (χ4v) is 2.18. The Balaban J connectivity index is 1.80. The van der Waals surface area contributed by atoms with Gasteiger partial charge in [0.05, 0.1) is 0 Å². The van der Waals surface area contributed by atoms with Gasteiger partial charge in [-0.25, -0.2) is 0 Å². The van der Waals surface area contributed by atoms with Gasteiger partial charge in [0, 0.05) is 11.9 Å². The molecule has 1 atom stereocenters. The standard InChI is InChI=1S/C15H19N3S/c1-12-7-5-6-10-14(12)17-15(19)18-16-11-13-8-3-2-4-9-13/h2-3,5-7,10-11,13H,4,8-9H2,1H3,(H2,17,18,19)/b16-11-/t13-/m0/s1. The number of anilines is 1. The van der Waals surface area contributed by atoms with Crippen LogP contribution in [-0.2, 0) is 0 Å². The molecule has 0 spiro atoms. The highest BCUT2D eigenvalue weighted by molar-refractivity contribution is 7.80. The van der Waals surface area contributed by atoms with Crippen LogP contribution in [0.1, 0.15) is 24.8 Å². The summed E-state index contributed by atoms with van der Waals surface area (Å²) in [5.74, 6) is 0.527. The molecule has 0 saturated heterocycles. The van der Waals surface area contributed by atoms with E-state index in [9.17, 15) is 0 Å². The molecule has 2 rings (SSSR count). The topological polar surface area (TPSA) is 36.4 Å². The molecule has 0 heterocycles. The van der Waals surface area contributed by atoms with Gasteiger partial charge in [0.25, 0.3) is 0 Å². The first-order valence-electron chi connectivity index (χ1n) is 6.56. The Labute approximate surface area is 119 Å². The van der Waals surface area contributed by atoms with E-state index in [2.05, 4.69) is 28.0 Å². The normalized spacial score (nSPS) is 18.5. The van der Waals surface area contributed by atoms with Gasteiger partial charge in [-0.3, -0.25) is 5.43 Å². The Morgan fingerprint density at radius 1 is 1.37 bits per heavy atom. The van der Waals surface area contributed by atoms with Crippen molar-refractivity contribution in [2.24, 2.45) is 11.0 Å². The number of benzene rings is 1. The van der Waals surface area contributed by atoms with E-state index in [1.54, 1.807) is 0 Å². The smallest absolute Gasteiger partial charge is 0.191 e. The van der Waals surface area contributed by atoms with E-state index in [-0.39, 0.29) is 0 Å². The number of hydrogen-bond acceptors (Lipinski definition) is 2. The monoisotopic (exact) mass is 273 g/mol. The molecule has 0 radical (unpaired) electrons. The van der Waals surface area contributed by atoms with E-state index in [1.165, 1.54) is 6.42 Å². The molecule has 3 nitrogen and oxygen atoms in total. The molecular formula is C15H19N3S. The van der Waals surface area contributed by atoms with E-state index < -0.39 is 0 Å². The Hall–Kier alpha value is -1.68. The zero-order chi connectivity index (χ0) is 13.5. The van der Waals surface area contributed by atoms with Crippen LogP contribution in [0.25, 0.3) is 0 Å². The first-order chi connectivity index (χ1) is 9.25. The molecule has 0 aliphatic heterocycles. The molecule has 0 amide bonds. The summed E-state index contributed by atoms with van der Waals surface area (Å²) in [4.78, 5) is 0. The van der Waals surface area contributed by atoms with Crippen LogP contribution in [0.5, 0.6) is 0 Å². The van der Waals surface area contributed by atoms with Gasteiger partial charge in [-0.15, -0.1) is 0 Å². The lowest BCUT2D eigenvalue weighted by Crippen LogP contribution is -2.24. The molecule has 2 N–H and O–H groups in total. The molecule has 1 aromatic rings. The van der Waals surface area contributed by atoms with Gasteiger partial charge in [-0.2, -0.15) is 5.10 Å². The molecule has 0 saturated carbocycles. The Morgan fingerprint density at radius 2 is 2.21 bits per heavy atom. The van der Waals surface area contributed by atoms with Crippen LogP contribution in [0.4, 0.5) is 5.69 Å². The van der Waals surface area contributed by atoms with E-state index >= 15 is 0 Å². The predicted octanol–water partition coefficient (Wildman–Crippen LogP) is 3.62. The highest BCUT2D eigenvalue weighted by Gasteiger charge is 2.06. The molecule has 100 valence electrons. The summed E-state index contributed by atoms with van der Waals surface area (Å²) in [5, 5.41) is 7.87. The number of allylic oxidation sites excluding steroid dienone is 2. The SMILES string of the molecule is Cc1ccccc1NC(=S)N/N=C\[C@H]1CC=CCC1. The fourth-order valence-electron chi connectivity index (χ4n) is 2.02. The molecule has 1 aromatic carbocycles. The highest BCUT2D eigenvalue weighted by atomic mass is 32.1. The Morgan fingerprint density at radius 3 is 2.95 bits per heavy atom. The van der Waals surface area contributed by atoms with Crippen LogP contribution in [0.2, 0.25) is 0 Å². The molecular weight excluding hydrogens is 254 g/mol. The van der Waals surface area contributed by atoms with Crippen molar-refractivity contribution in [2.45, 2.75) is 26.2 Å². The van der Waals surface area contributed by atoms with Crippen LogP contribution in [0.3, 0.4) is 0 Å². The minimum atomic E-state index is 0.525. The van der Waals surface area contributed by atoms with Gasteiger partial charge in [0.2, 0.25) is 0 Å². The van der Waals surface area contributed by atoms with E-state index in [4.69, 9.17) is 12.2 Å². The minimum absolute atomic E-state index is 0.525. The molecule has 0 fully saturated rings. The largest absolute Gasteiger partial charge is 0.331 e. The summed E-state index contributed by atoms with van der Waals surface area (Å²) in [6, 6.07) is 8.03. The van der Waals surface area contributed by atoms with Crippen LogP contribution in [0.15, 0.2) is 41.5 Å². The fraction of sp³-hybridized carbons (Fsp3) is 0.333. The summed E-state index contributed by atoms with van der Waals surface area (Å²) < 4.78 is 0. The number of nitrogens with zero attached hydrogens (tertiary/aromatic N) is 1. The summed E-state index contributed by atoms with van der Waals surface area (Å²) in [7, 11) is 0. The lowest BCUT2D eigenvalue weighted by molar-refractivity contribution is 0.624. The number of hydrazone groups is 1. The third-order valence-corrected chi connectivity index (χ3v) is 3.35. The number of thiocarbonyl (C=S) groups is 1. The molecule has 0 bridgehead atoms. The average molecular weight is 273 g/mol. The van der Waals surface area contributed by atoms with Crippen molar-refractivity contribution in [3.8, 4) is 0 Å². The zero-order valence-electron chi connectivity index (χ0n) is 11.1. The summed E-state index contributed by atoms with van der Waals surface area (Å²) in [6.07, 6.45) is 9.77. The minimum Gasteiger partial charge on any atom is -0.331 e. The summed E-state index contributed by atoms with van der Waals surface area (Å²) in [6.45, 7) is 2.04. The van der Waals surface area contributed by atoms with Crippen molar-refractivity contribution in [2.75, 3.05) is 5.32 Å². The van der Waals surface area contributed by atoms with Crippen molar-refractivity contribution in [3.05, 3.63) is 42.0 Å². The Bertz CT molecular complexity index is 494. The van der Waals surface area contributed by atoms with Crippen LogP contribution >= 0.6 is 12.2 Å². The lowest BCUT2D eigenvalue weighted by atomic mass is 9.96. The third kappa shape index (κ3) is 4.48. The molecule has 1 aliphatic carbocycles. The second-order valence-electron chi connectivity index (χ2n) is 4.70. The zero-order valence-corrected chi connectivity index (χ0v) is 11.9. The van der Waals surface area contributed by atoms with E-state index in [0.717, 1.165) is 24.1 Å². The van der Waals surface area contributed by atoms with Crippen molar-refractivity contribution < 1.29 is 0 Å². The maximum absolute atomic E-state index is 5.21. The van der Waals surface area contributed by atoms with Gasteiger partial charge in [0.15, 0.2) is 5.11 Å². The van der Waals surface area contributed by atoms with Crippen molar-refractivity contribution in [1.29, 1.82) is 0 Å². The lowest BCUT2D eigenvalue weighted by Gasteiger charge is -2.13. The van der Waals surface area contributed by atoms with Gasteiger partial charge < -0.3 is 5.32 Å². The quantitative estimate of drug-likeness (QED) is 0.382. The summed E-state index contributed by atoms with van der Waals surface area (Å²) in [5.41, 5.74) is 5.04. The first kappa shape index (κ1) is 13.7. The van der Waals surface area contributed by atoms with E-state index in [1.807, 2.05) is 37.4 Å². The van der Waals surface area contributed by atoms with Crippen LogP contribution < -0.4 is 10.7 Å². The number of hydrogen-bond donors (Lipinski definition) is 2. The number of aryl methyl sites for hydroxylation is 1. The average Bonchev–Trinajstić information content (AvgIpc) is 2.43. The molecule has 0 aromatic heterocycles. The number of para-hydroxylation sites is 1.